The van der Waals surface area contributed by atoms with Crippen LogP contribution in [-0.2, 0) is 4.79 Å². The summed E-state index contributed by atoms with van der Waals surface area (Å²) in [6, 6.07) is 14.1. The molecule has 0 aliphatic heterocycles. The summed E-state index contributed by atoms with van der Waals surface area (Å²) in [5.41, 5.74) is 0.480. The molecule has 0 saturated heterocycles. The third-order valence-electron chi connectivity index (χ3n) is 4.94. The number of pyridine rings is 1. The molecule has 0 bridgehead atoms. The van der Waals surface area contributed by atoms with E-state index in [0.717, 1.165) is 10.1 Å². The fraction of sp³-hybridized carbons (Fsp3) is 0.120. The molecule has 0 saturated carbocycles. The van der Waals surface area contributed by atoms with Crippen LogP contribution in [-0.4, -0.2) is 32.3 Å². The number of aliphatic carboxylic acids is 1. The van der Waals surface area contributed by atoms with Crippen LogP contribution in [0.25, 0.3) is 21.7 Å². The molecule has 0 radical (unpaired) electrons. The Hall–Kier alpha value is -4.04. The van der Waals surface area contributed by atoms with Crippen molar-refractivity contribution in [1.29, 1.82) is 0 Å². The van der Waals surface area contributed by atoms with Crippen LogP contribution < -0.4 is 24.1 Å². The van der Waals surface area contributed by atoms with Gasteiger partial charge >= 0.3 is 0 Å². The van der Waals surface area contributed by atoms with E-state index < -0.39 is 5.97 Å². The minimum absolute atomic E-state index is 0.00719. The van der Waals surface area contributed by atoms with Crippen molar-refractivity contribution in [1.82, 2.24) is 4.98 Å². The Labute approximate surface area is 194 Å². The average Bonchev–Trinajstić information content (AvgIpc) is 3.18. The number of carboxylic acids is 1. The Morgan fingerprint density at radius 1 is 0.909 bits per heavy atom. The van der Waals surface area contributed by atoms with Gasteiger partial charge in [-0.3, -0.25) is 4.98 Å². The number of rotatable bonds is 8. The first kappa shape index (κ1) is 22.2. The molecule has 0 atom stereocenters. The maximum absolute atomic E-state index is 12.0. The summed E-state index contributed by atoms with van der Waals surface area (Å²) in [7, 11) is 4.66. The number of carbonyl (C=O) groups is 1. The van der Waals surface area contributed by atoms with E-state index in [9.17, 15) is 9.90 Å². The van der Waals surface area contributed by atoms with E-state index in [1.165, 1.54) is 23.7 Å². The summed E-state index contributed by atoms with van der Waals surface area (Å²) in [5, 5.41) is 12.7. The van der Waals surface area contributed by atoms with E-state index in [1.807, 2.05) is 18.2 Å². The van der Waals surface area contributed by atoms with Crippen LogP contribution in [0, 0.1) is 0 Å². The number of carbonyl (C=O) groups excluding carboxylic acids is 1. The van der Waals surface area contributed by atoms with Crippen LogP contribution in [0.15, 0.2) is 60.9 Å². The van der Waals surface area contributed by atoms with E-state index in [1.54, 1.807) is 57.7 Å². The maximum Gasteiger partial charge on any atom is 0.169 e. The quantitative estimate of drug-likeness (QED) is 0.358. The average molecular weight is 463 g/mol. The molecule has 0 aliphatic carbocycles. The second-order valence-electron chi connectivity index (χ2n) is 6.83. The van der Waals surface area contributed by atoms with Crippen LogP contribution in [0.1, 0.15) is 10.4 Å². The van der Waals surface area contributed by atoms with Crippen molar-refractivity contribution in [3.8, 4) is 28.7 Å². The molecule has 0 amide bonds. The molecule has 2 aromatic heterocycles. The van der Waals surface area contributed by atoms with E-state index in [0.29, 0.717) is 39.2 Å². The number of thiophene rings is 1. The van der Waals surface area contributed by atoms with Crippen LogP contribution in [0.2, 0.25) is 0 Å². The highest BCUT2D eigenvalue weighted by Gasteiger charge is 2.19. The number of methoxy groups -OCH3 is 3. The number of benzene rings is 2. The van der Waals surface area contributed by atoms with E-state index in [-0.39, 0.29) is 5.57 Å². The SMILES string of the molecule is COc1cc2sc(/C=C(/C(=O)[O-])c3ccncc3)c(Oc3ccccc3OC)c2cc1OC. The number of para-hydroxylation sites is 2. The lowest BCUT2D eigenvalue weighted by molar-refractivity contribution is -0.295. The van der Waals surface area contributed by atoms with Gasteiger partial charge in [0.25, 0.3) is 0 Å². The molecule has 2 heterocycles. The van der Waals surface area contributed by atoms with Crippen LogP contribution in [0.4, 0.5) is 0 Å². The molecule has 0 N–H and O–H groups in total. The second kappa shape index (κ2) is 9.62. The first-order valence-corrected chi connectivity index (χ1v) is 10.7. The molecule has 7 nitrogen and oxygen atoms in total. The minimum Gasteiger partial charge on any atom is -0.545 e. The number of aromatic nitrogens is 1. The van der Waals surface area contributed by atoms with Gasteiger partial charge in [-0.25, -0.2) is 0 Å². The number of carboxylic acid groups (broad SMARTS) is 1. The zero-order valence-electron chi connectivity index (χ0n) is 18.2. The third kappa shape index (κ3) is 4.47. The molecule has 0 fully saturated rings. The molecule has 0 aliphatic rings. The van der Waals surface area contributed by atoms with Crippen molar-refractivity contribution in [2.45, 2.75) is 0 Å². The lowest BCUT2D eigenvalue weighted by Gasteiger charge is -2.12. The van der Waals surface area contributed by atoms with Gasteiger partial charge in [0.05, 0.1) is 32.2 Å². The molecule has 33 heavy (non-hydrogen) atoms. The molecule has 4 rings (SSSR count). The Morgan fingerprint density at radius 2 is 1.55 bits per heavy atom. The van der Waals surface area contributed by atoms with Crippen molar-refractivity contribution in [3.05, 3.63) is 71.4 Å². The normalized spacial score (nSPS) is 11.3. The zero-order chi connectivity index (χ0) is 23.4. The van der Waals surface area contributed by atoms with Gasteiger partial charge in [0, 0.05) is 34.1 Å². The van der Waals surface area contributed by atoms with Crippen molar-refractivity contribution >= 4 is 39.0 Å². The van der Waals surface area contributed by atoms with Crippen molar-refractivity contribution in [3.63, 3.8) is 0 Å². The van der Waals surface area contributed by atoms with Gasteiger partial charge in [0.15, 0.2) is 28.7 Å². The highest BCUT2D eigenvalue weighted by molar-refractivity contribution is 7.20. The number of hydrogen-bond donors (Lipinski definition) is 0. The summed E-state index contributed by atoms with van der Waals surface area (Å²) >= 11 is 1.36. The lowest BCUT2D eigenvalue weighted by Crippen LogP contribution is -2.23. The molecule has 168 valence electrons. The first-order valence-electron chi connectivity index (χ1n) is 9.88. The van der Waals surface area contributed by atoms with Gasteiger partial charge in [-0.15, -0.1) is 11.3 Å². The van der Waals surface area contributed by atoms with Crippen molar-refractivity contribution < 1.29 is 28.8 Å². The van der Waals surface area contributed by atoms with Gasteiger partial charge in [-0.1, -0.05) is 12.1 Å². The number of ether oxygens (including phenoxy) is 4. The Bertz CT molecular complexity index is 1330. The number of nitrogens with zero attached hydrogens (tertiary/aromatic N) is 1. The molecule has 8 heteroatoms. The summed E-state index contributed by atoms with van der Waals surface area (Å²) in [5.74, 6) is 1.27. The molecule has 0 spiro atoms. The van der Waals surface area contributed by atoms with Gasteiger partial charge in [-0.05, 0) is 42.0 Å². The molecule has 0 unspecified atom stereocenters. The zero-order valence-corrected chi connectivity index (χ0v) is 19.0. The predicted molar refractivity (Wildman–Crippen MR) is 125 cm³/mol. The topological polar surface area (TPSA) is 89.9 Å². The van der Waals surface area contributed by atoms with Gasteiger partial charge in [0.1, 0.15) is 0 Å². The van der Waals surface area contributed by atoms with Crippen LogP contribution in [0.3, 0.4) is 0 Å². The van der Waals surface area contributed by atoms with Gasteiger partial charge in [0.2, 0.25) is 0 Å². The fourth-order valence-corrected chi connectivity index (χ4v) is 4.44. The molecule has 2 aromatic carbocycles. The maximum atomic E-state index is 12.0. The van der Waals surface area contributed by atoms with E-state index in [2.05, 4.69) is 4.98 Å². The summed E-state index contributed by atoms with van der Waals surface area (Å²) in [4.78, 5) is 16.5. The standard InChI is InChI=1S/C25H21NO6S/c1-29-18-6-4-5-7-19(18)32-24-17-12-20(30-2)21(31-3)14-22(17)33-23(24)13-16(25(27)28)15-8-10-26-11-9-15/h4-14H,1-3H3,(H,27,28)/p-1/b16-13+. The van der Waals surface area contributed by atoms with Gasteiger partial charge < -0.3 is 28.8 Å². The van der Waals surface area contributed by atoms with E-state index >= 15 is 0 Å². The summed E-state index contributed by atoms with van der Waals surface area (Å²) < 4.78 is 23.4. The minimum atomic E-state index is -1.31. The Balaban J connectivity index is 1.96. The fourth-order valence-electron chi connectivity index (χ4n) is 3.36. The molecular weight excluding hydrogens is 442 g/mol. The first-order chi connectivity index (χ1) is 16.0. The second-order valence-corrected chi connectivity index (χ2v) is 7.92. The largest absolute Gasteiger partial charge is 0.545 e. The Morgan fingerprint density at radius 3 is 2.18 bits per heavy atom. The highest BCUT2D eigenvalue weighted by Crippen LogP contribution is 2.47. The third-order valence-corrected chi connectivity index (χ3v) is 6.02. The highest BCUT2D eigenvalue weighted by atomic mass is 32.1. The summed E-state index contributed by atoms with van der Waals surface area (Å²) in [6.07, 6.45) is 4.59. The van der Waals surface area contributed by atoms with Gasteiger partial charge in [-0.2, -0.15) is 0 Å². The predicted octanol–water partition coefficient (Wildman–Crippen LogP) is 4.40. The summed E-state index contributed by atoms with van der Waals surface area (Å²) in [6.45, 7) is 0. The lowest BCUT2D eigenvalue weighted by atomic mass is 10.1. The molecular formula is C25H20NO6S-. The van der Waals surface area contributed by atoms with E-state index in [4.69, 9.17) is 18.9 Å². The van der Waals surface area contributed by atoms with Crippen LogP contribution >= 0.6 is 11.3 Å². The van der Waals surface area contributed by atoms with Crippen molar-refractivity contribution in [2.75, 3.05) is 21.3 Å². The van der Waals surface area contributed by atoms with Crippen molar-refractivity contribution in [2.24, 2.45) is 0 Å². The monoisotopic (exact) mass is 462 g/mol. The number of hydrogen-bond acceptors (Lipinski definition) is 8. The Kier molecular flexibility index (Phi) is 6.46. The van der Waals surface area contributed by atoms with Crippen LogP contribution in [0.5, 0.6) is 28.7 Å². The number of fused-ring (bicyclic) bond motifs is 1. The smallest absolute Gasteiger partial charge is 0.169 e. The molecule has 4 aromatic rings.